The zero-order chi connectivity index (χ0) is 25.3. The second-order valence-corrected chi connectivity index (χ2v) is 7.25. The van der Waals surface area contributed by atoms with Gasteiger partial charge in [0.1, 0.15) is 11.4 Å². The van der Waals surface area contributed by atoms with Crippen LogP contribution in [0.15, 0.2) is 35.4 Å². The number of nitrogens with zero attached hydrogens (tertiary/aromatic N) is 5. The van der Waals surface area contributed by atoms with Gasteiger partial charge in [0.2, 0.25) is 11.6 Å². The van der Waals surface area contributed by atoms with Crippen LogP contribution < -0.4 is 15.0 Å². The summed E-state index contributed by atoms with van der Waals surface area (Å²) in [5.41, 5.74) is -3.00. The summed E-state index contributed by atoms with van der Waals surface area (Å²) in [7, 11) is 1.18. The maximum absolute atomic E-state index is 13.7. The van der Waals surface area contributed by atoms with Gasteiger partial charge in [-0.15, -0.1) is 10.2 Å². The maximum atomic E-state index is 13.7. The molecule has 0 unspecified atom stereocenters. The summed E-state index contributed by atoms with van der Waals surface area (Å²) in [5.74, 6) is -4.91. The number of hydrogen-bond acceptors (Lipinski definition) is 7. The van der Waals surface area contributed by atoms with E-state index in [0.29, 0.717) is 18.8 Å². The van der Waals surface area contributed by atoms with Gasteiger partial charge in [0.25, 0.3) is 11.5 Å². The average Bonchev–Trinajstić information content (AvgIpc) is 2.74. The molecule has 0 fully saturated rings. The number of hydrogen-bond donors (Lipinski definition) is 0. The van der Waals surface area contributed by atoms with E-state index in [9.17, 15) is 26.7 Å². The van der Waals surface area contributed by atoms with Crippen LogP contribution in [-0.4, -0.2) is 26.9 Å². The Kier molecular flexibility index (Phi) is 6.53. The van der Waals surface area contributed by atoms with E-state index in [1.54, 1.807) is 6.92 Å². The first-order valence-electron chi connectivity index (χ1n) is 9.48. The van der Waals surface area contributed by atoms with Gasteiger partial charge >= 0.3 is 6.18 Å². The van der Waals surface area contributed by atoms with Crippen molar-refractivity contribution < 1.29 is 31.4 Å². The van der Waals surface area contributed by atoms with Crippen LogP contribution in [0.4, 0.5) is 22.0 Å². The Morgan fingerprint density at radius 1 is 1.12 bits per heavy atom. The third-order valence-corrected chi connectivity index (χ3v) is 4.48. The molecule has 0 atom stereocenters. The summed E-state index contributed by atoms with van der Waals surface area (Å²) in [6.45, 7) is 1.66. The minimum atomic E-state index is -5.04. The molecule has 0 saturated carbocycles. The van der Waals surface area contributed by atoms with Crippen LogP contribution in [0.5, 0.6) is 17.4 Å². The molecule has 0 aliphatic carbocycles. The molecule has 3 rings (SSSR count). The molecule has 34 heavy (non-hydrogen) atoms. The van der Waals surface area contributed by atoms with E-state index in [1.807, 2.05) is 6.07 Å². The Morgan fingerprint density at radius 2 is 1.82 bits per heavy atom. The molecule has 0 bridgehead atoms. The normalized spacial score (nSPS) is 11.7. The molecule has 0 N–H and O–H groups in total. The smallest absolute Gasteiger partial charge is 0.437 e. The molecular weight excluding hydrogens is 465 g/mol. The molecule has 178 valence electrons. The van der Waals surface area contributed by atoms with Gasteiger partial charge < -0.3 is 9.47 Å². The van der Waals surface area contributed by atoms with Crippen molar-refractivity contribution in [3.63, 3.8) is 0 Å². The highest BCUT2D eigenvalue weighted by atomic mass is 19.4. The second-order valence-electron chi connectivity index (χ2n) is 7.25. The molecule has 0 amide bonds. The molecule has 2 aromatic heterocycles. The van der Waals surface area contributed by atoms with E-state index in [4.69, 9.17) is 14.7 Å². The number of halogens is 5. The molecular formula is C21H16F5N5O3. The molecule has 1 aromatic carbocycles. The zero-order valence-electron chi connectivity index (χ0n) is 17.9. The third-order valence-electron chi connectivity index (χ3n) is 4.48. The summed E-state index contributed by atoms with van der Waals surface area (Å²) >= 11 is 0. The molecule has 0 aliphatic rings. The predicted molar refractivity (Wildman–Crippen MR) is 107 cm³/mol. The van der Waals surface area contributed by atoms with E-state index in [-0.39, 0.29) is 22.8 Å². The quantitative estimate of drug-likeness (QED) is 0.487. The Balaban J connectivity index is 2.13. The number of alkyl halides is 5. The number of nitriles is 1. The SMILES string of the molecule is COc1nnc(C(C)(F)F)cc1Cn1cnc(C(F)(F)F)c(Oc2cc(C)cc(C#N)c2)c1=O. The average molecular weight is 481 g/mol. The highest BCUT2D eigenvalue weighted by Gasteiger charge is 2.39. The first kappa shape index (κ1) is 24.6. The van der Waals surface area contributed by atoms with Gasteiger partial charge in [-0.25, -0.2) is 4.98 Å². The fourth-order valence-electron chi connectivity index (χ4n) is 2.97. The van der Waals surface area contributed by atoms with Crippen LogP contribution in [0, 0.1) is 18.3 Å². The molecule has 8 nitrogen and oxygen atoms in total. The van der Waals surface area contributed by atoms with Crippen molar-refractivity contribution in [3.05, 3.63) is 69.0 Å². The first-order chi connectivity index (χ1) is 15.8. The van der Waals surface area contributed by atoms with E-state index in [0.717, 1.165) is 16.7 Å². The maximum Gasteiger partial charge on any atom is 0.437 e. The van der Waals surface area contributed by atoms with Gasteiger partial charge in [0.05, 0.1) is 31.6 Å². The van der Waals surface area contributed by atoms with Crippen LogP contribution in [0.25, 0.3) is 0 Å². The summed E-state index contributed by atoms with van der Waals surface area (Å²) in [5, 5.41) is 16.0. The number of benzene rings is 1. The number of aromatic nitrogens is 4. The largest absolute Gasteiger partial charge is 0.480 e. The summed E-state index contributed by atoms with van der Waals surface area (Å²) in [4.78, 5) is 16.3. The Bertz CT molecular complexity index is 1330. The van der Waals surface area contributed by atoms with Gasteiger partial charge in [-0.2, -0.15) is 27.2 Å². The Morgan fingerprint density at radius 3 is 2.41 bits per heavy atom. The molecule has 3 aromatic rings. The van der Waals surface area contributed by atoms with Crippen LogP contribution in [0.3, 0.4) is 0 Å². The number of methoxy groups -OCH3 is 1. The number of ether oxygens (including phenoxy) is 2. The Hall–Kier alpha value is -4.08. The van der Waals surface area contributed by atoms with Crippen molar-refractivity contribution in [2.45, 2.75) is 32.5 Å². The lowest BCUT2D eigenvalue weighted by Gasteiger charge is -2.16. The van der Waals surface area contributed by atoms with Crippen molar-refractivity contribution in [1.82, 2.24) is 19.7 Å². The molecule has 0 aliphatic heterocycles. The van der Waals surface area contributed by atoms with Crippen LogP contribution in [0.2, 0.25) is 0 Å². The van der Waals surface area contributed by atoms with Gasteiger partial charge in [0.15, 0.2) is 5.69 Å². The zero-order valence-corrected chi connectivity index (χ0v) is 17.9. The van der Waals surface area contributed by atoms with E-state index in [1.165, 1.54) is 19.2 Å². The topological polar surface area (TPSA) is 103 Å². The van der Waals surface area contributed by atoms with Gasteiger partial charge in [-0.1, -0.05) is 0 Å². The molecule has 0 saturated heterocycles. The van der Waals surface area contributed by atoms with Crippen molar-refractivity contribution in [2.75, 3.05) is 7.11 Å². The fourth-order valence-corrected chi connectivity index (χ4v) is 2.97. The lowest BCUT2D eigenvalue weighted by Crippen LogP contribution is -2.27. The lowest BCUT2D eigenvalue weighted by atomic mass is 10.1. The highest BCUT2D eigenvalue weighted by molar-refractivity contribution is 5.43. The van der Waals surface area contributed by atoms with Crippen LogP contribution in [-0.2, 0) is 18.6 Å². The van der Waals surface area contributed by atoms with E-state index >= 15 is 0 Å². The van der Waals surface area contributed by atoms with E-state index in [2.05, 4.69) is 15.2 Å². The molecule has 2 heterocycles. The fraction of sp³-hybridized carbons (Fsp3) is 0.286. The highest BCUT2D eigenvalue weighted by Crippen LogP contribution is 2.35. The third kappa shape index (κ3) is 5.28. The summed E-state index contributed by atoms with van der Waals surface area (Å²) < 4.78 is 79.0. The second kappa shape index (κ2) is 9.05. The number of rotatable bonds is 6. The Labute approximate surface area is 189 Å². The van der Waals surface area contributed by atoms with Gasteiger partial charge in [-0.3, -0.25) is 9.36 Å². The first-order valence-corrected chi connectivity index (χ1v) is 9.48. The molecule has 13 heteroatoms. The minimum Gasteiger partial charge on any atom is -0.480 e. The minimum absolute atomic E-state index is 0.0500. The van der Waals surface area contributed by atoms with Crippen molar-refractivity contribution >= 4 is 0 Å². The van der Waals surface area contributed by atoms with Gasteiger partial charge in [0, 0.05) is 12.5 Å². The summed E-state index contributed by atoms with van der Waals surface area (Å²) in [6.07, 6.45) is -4.43. The lowest BCUT2D eigenvalue weighted by molar-refractivity contribution is -0.142. The molecule has 0 spiro atoms. The van der Waals surface area contributed by atoms with Crippen molar-refractivity contribution in [1.29, 1.82) is 5.26 Å². The predicted octanol–water partition coefficient (Wildman–Crippen LogP) is 4.19. The van der Waals surface area contributed by atoms with Crippen LogP contribution >= 0.6 is 0 Å². The monoisotopic (exact) mass is 481 g/mol. The van der Waals surface area contributed by atoms with Crippen molar-refractivity contribution in [3.8, 4) is 23.4 Å². The summed E-state index contributed by atoms with van der Waals surface area (Å²) in [6, 6.07) is 6.74. The molecule has 0 radical (unpaired) electrons. The van der Waals surface area contributed by atoms with Crippen LogP contribution in [0.1, 0.15) is 35.0 Å². The number of aryl methyl sites for hydroxylation is 1. The van der Waals surface area contributed by atoms with Gasteiger partial charge in [-0.05, 0) is 36.8 Å². The standard InChI is InChI=1S/C21H16F5N5O3/c1-11-4-12(8-27)6-14(5-11)34-16-17(21(24,25)26)28-10-31(19(16)32)9-13-7-15(20(2,22)23)29-30-18(13)33-3/h4-7,10H,9H2,1-3H3. The van der Waals surface area contributed by atoms with Crippen molar-refractivity contribution in [2.24, 2.45) is 0 Å². The van der Waals surface area contributed by atoms with E-state index < -0.39 is 41.3 Å².